The van der Waals surface area contributed by atoms with Crippen molar-refractivity contribution in [3.63, 3.8) is 0 Å². The highest BCUT2D eigenvalue weighted by molar-refractivity contribution is 6.32. The van der Waals surface area contributed by atoms with Crippen LogP contribution in [0.4, 0.5) is 5.69 Å². The van der Waals surface area contributed by atoms with Crippen molar-refractivity contribution >= 4 is 29.4 Å². The molecule has 0 bridgehead atoms. The van der Waals surface area contributed by atoms with Crippen molar-refractivity contribution in [3.8, 4) is 11.5 Å². The molecule has 0 saturated heterocycles. The molecular formula is C16H14ClN3O5. The summed E-state index contributed by atoms with van der Waals surface area (Å²) in [6, 6.07) is 10.6. The Morgan fingerprint density at radius 2 is 2.16 bits per heavy atom. The molecule has 0 aliphatic rings. The van der Waals surface area contributed by atoms with Gasteiger partial charge in [-0.25, -0.2) is 5.43 Å². The minimum Gasteiger partial charge on any atom is -0.495 e. The summed E-state index contributed by atoms with van der Waals surface area (Å²) in [5, 5.41) is 14.9. The molecule has 0 radical (unpaired) electrons. The molecule has 0 heterocycles. The van der Waals surface area contributed by atoms with Gasteiger partial charge in [-0.3, -0.25) is 14.9 Å². The number of hydrogen-bond donors (Lipinski definition) is 1. The largest absolute Gasteiger partial charge is 0.495 e. The van der Waals surface area contributed by atoms with Gasteiger partial charge in [-0.2, -0.15) is 5.10 Å². The topological polar surface area (TPSA) is 103 Å². The number of nitrogens with zero attached hydrogens (tertiary/aromatic N) is 2. The molecule has 25 heavy (non-hydrogen) atoms. The molecule has 8 nitrogen and oxygen atoms in total. The zero-order valence-corrected chi connectivity index (χ0v) is 13.9. The third-order valence-corrected chi connectivity index (χ3v) is 3.27. The van der Waals surface area contributed by atoms with Crippen LogP contribution >= 0.6 is 11.6 Å². The fourth-order valence-electron chi connectivity index (χ4n) is 1.81. The van der Waals surface area contributed by atoms with E-state index in [1.54, 1.807) is 18.2 Å². The predicted octanol–water partition coefficient (Wildman–Crippen LogP) is 2.79. The van der Waals surface area contributed by atoms with Crippen molar-refractivity contribution in [1.82, 2.24) is 5.43 Å². The number of benzene rings is 2. The first kappa shape index (κ1) is 18.2. The molecule has 2 aromatic rings. The molecule has 9 heteroatoms. The molecular weight excluding hydrogens is 350 g/mol. The fraction of sp³-hybridized carbons (Fsp3) is 0.125. The Morgan fingerprint density at radius 1 is 1.36 bits per heavy atom. The quantitative estimate of drug-likeness (QED) is 0.463. The van der Waals surface area contributed by atoms with E-state index in [4.69, 9.17) is 21.1 Å². The van der Waals surface area contributed by atoms with Gasteiger partial charge in [-0.05, 0) is 29.8 Å². The van der Waals surface area contributed by atoms with E-state index < -0.39 is 10.8 Å². The van der Waals surface area contributed by atoms with E-state index in [0.29, 0.717) is 16.3 Å². The molecule has 2 aromatic carbocycles. The molecule has 0 unspecified atom stereocenters. The molecule has 0 aromatic heterocycles. The monoisotopic (exact) mass is 363 g/mol. The maximum absolute atomic E-state index is 11.7. The first-order valence-electron chi connectivity index (χ1n) is 7.02. The van der Waals surface area contributed by atoms with Gasteiger partial charge in [0, 0.05) is 6.07 Å². The number of nitro benzene ring substituents is 1. The highest BCUT2D eigenvalue weighted by atomic mass is 35.5. The number of hydrazone groups is 1. The van der Waals surface area contributed by atoms with E-state index in [1.807, 2.05) is 0 Å². The minimum atomic E-state index is -0.544. The van der Waals surface area contributed by atoms with Crippen LogP contribution in [-0.2, 0) is 4.79 Å². The fourth-order valence-corrected chi connectivity index (χ4v) is 2.08. The van der Waals surface area contributed by atoms with Gasteiger partial charge in [-0.1, -0.05) is 17.7 Å². The van der Waals surface area contributed by atoms with Gasteiger partial charge < -0.3 is 9.47 Å². The average molecular weight is 364 g/mol. The second kappa shape index (κ2) is 8.65. The van der Waals surface area contributed by atoms with Crippen molar-refractivity contribution < 1.29 is 19.2 Å². The Morgan fingerprint density at radius 3 is 2.84 bits per heavy atom. The van der Waals surface area contributed by atoms with Crippen LogP contribution in [0.2, 0.25) is 5.02 Å². The molecule has 0 saturated carbocycles. The Labute approximate surface area is 148 Å². The summed E-state index contributed by atoms with van der Waals surface area (Å²) in [6.45, 7) is -0.331. The first-order chi connectivity index (χ1) is 12.0. The standard InChI is InChI=1S/C16H14ClN3O5/c1-24-15-6-5-11(7-14(15)17)9-18-19-16(21)10-25-13-4-2-3-12(8-13)20(22)23/h2-9H,10H2,1H3,(H,19,21)/b18-9+. The molecule has 0 atom stereocenters. The number of halogens is 1. The number of carbonyl (C=O) groups excluding carboxylic acids is 1. The van der Waals surface area contributed by atoms with Crippen LogP contribution in [0.25, 0.3) is 0 Å². The lowest BCUT2D eigenvalue weighted by molar-refractivity contribution is -0.384. The number of nitrogens with one attached hydrogen (secondary N) is 1. The molecule has 130 valence electrons. The van der Waals surface area contributed by atoms with Crippen LogP contribution in [0.3, 0.4) is 0 Å². The van der Waals surface area contributed by atoms with Crippen molar-refractivity contribution in [1.29, 1.82) is 0 Å². The highest BCUT2D eigenvalue weighted by Gasteiger charge is 2.08. The van der Waals surface area contributed by atoms with Gasteiger partial charge >= 0.3 is 0 Å². The SMILES string of the molecule is COc1ccc(/C=N/NC(=O)COc2cccc([N+](=O)[O-])c2)cc1Cl. The lowest BCUT2D eigenvalue weighted by Crippen LogP contribution is -2.24. The Kier molecular flexibility index (Phi) is 6.30. The summed E-state index contributed by atoms with van der Waals surface area (Å²) < 4.78 is 10.2. The van der Waals surface area contributed by atoms with Gasteiger partial charge in [0.05, 0.1) is 29.3 Å². The number of carbonyl (C=O) groups is 1. The number of methoxy groups -OCH3 is 1. The number of hydrogen-bond acceptors (Lipinski definition) is 6. The zero-order valence-electron chi connectivity index (χ0n) is 13.1. The van der Waals surface area contributed by atoms with E-state index in [2.05, 4.69) is 10.5 Å². The predicted molar refractivity (Wildman–Crippen MR) is 92.3 cm³/mol. The summed E-state index contributed by atoms with van der Waals surface area (Å²) in [4.78, 5) is 21.8. The molecule has 1 N–H and O–H groups in total. The second-order valence-electron chi connectivity index (χ2n) is 4.73. The molecule has 0 aliphatic carbocycles. The molecule has 2 rings (SSSR count). The normalized spacial score (nSPS) is 10.5. The molecule has 0 spiro atoms. The second-order valence-corrected chi connectivity index (χ2v) is 5.14. The lowest BCUT2D eigenvalue weighted by atomic mass is 10.2. The molecule has 0 fully saturated rings. The third kappa shape index (κ3) is 5.47. The first-order valence-corrected chi connectivity index (χ1v) is 7.40. The van der Waals surface area contributed by atoms with Gasteiger partial charge in [0.1, 0.15) is 11.5 Å². The van der Waals surface area contributed by atoms with E-state index >= 15 is 0 Å². The van der Waals surface area contributed by atoms with Crippen molar-refractivity contribution in [2.75, 3.05) is 13.7 Å². The Bertz CT molecular complexity index is 810. The van der Waals surface area contributed by atoms with Crippen LogP contribution in [0.15, 0.2) is 47.6 Å². The maximum Gasteiger partial charge on any atom is 0.277 e. The van der Waals surface area contributed by atoms with E-state index in [0.717, 1.165) is 0 Å². The number of amides is 1. The number of non-ortho nitro benzene ring substituents is 1. The summed E-state index contributed by atoms with van der Waals surface area (Å²) in [5.74, 6) is 0.242. The van der Waals surface area contributed by atoms with Gasteiger partial charge in [-0.15, -0.1) is 0 Å². The van der Waals surface area contributed by atoms with E-state index in [1.165, 1.54) is 37.6 Å². The summed E-state index contributed by atoms with van der Waals surface area (Å²) in [7, 11) is 1.51. The Balaban J connectivity index is 1.85. The summed E-state index contributed by atoms with van der Waals surface area (Å²) in [5.41, 5.74) is 2.84. The van der Waals surface area contributed by atoms with Crippen LogP contribution < -0.4 is 14.9 Å². The van der Waals surface area contributed by atoms with Crippen LogP contribution in [0, 0.1) is 10.1 Å². The van der Waals surface area contributed by atoms with Crippen molar-refractivity contribution in [2.24, 2.45) is 5.10 Å². The molecule has 1 amide bonds. The van der Waals surface area contributed by atoms with Crippen molar-refractivity contribution in [2.45, 2.75) is 0 Å². The summed E-state index contributed by atoms with van der Waals surface area (Å²) >= 11 is 5.98. The van der Waals surface area contributed by atoms with Gasteiger partial charge in [0.15, 0.2) is 6.61 Å². The maximum atomic E-state index is 11.7. The molecule has 0 aliphatic heterocycles. The average Bonchev–Trinajstić information content (AvgIpc) is 2.60. The number of rotatable bonds is 7. The van der Waals surface area contributed by atoms with E-state index in [-0.39, 0.29) is 18.0 Å². The van der Waals surface area contributed by atoms with Gasteiger partial charge in [0.2, 0.25) is 0 Å². The zero-order chi connectivity index (χ0) is 18.2. The van der Waals surface area contributed by atoms with Crippen LogP contribution in [0.1, 0.15) is 5.56 Å². The van der Waals surface area contributed by atoms with Gasteiger partial charge in [0.25, 0.3) is 11.6 Å². The number of ether oxygens (including phenoxy) is 2. The lowest BCUT2D eigenvalue weighted by Gasteiger charge is -2.05. The number of nitro groups is 1. The smallest absolute Gasteiger partial charge is 0.277 e. The van der Waals surface area contributed by atoms with E-state index in [9.17, 15) is 14.9 Å². The summed E-state index contributed by atoms with van der Waals surface area (Å²) in [6.07, 6.45) is 1.41. The highest BCUT2D eigenvalue weighted by Crippen LogP contribution is 2.24. The minimum absolute atomic E-state index is 0.118. The third-order valence-electron chi connectivity index (χ3n) is 2.98. The van der Waals surface area contributed by atoms with Crippen LogP contribution in [-0.4, -0.2) is 30.8 Å². The van der Waals surface area contributed by atoms with Crippen LogP contribution in [0.5, 0.6) is 11.5 Å². The Hall–Kier alpha value is -3.13. The van der Waals surface area contributed by atoms with Crippen molar-refractivity contribution in [3.05, 3.63) is 63.2 Å².